The van der Waals surface area contributed by atoms with Gasteiger partial charge in [0.1, 0.15) is 6.33 Å². The van der Waals surface area contributed by atoms with Gasteiger partial charge < -0.3 is 4.74 Å². The van der Waals surface area contributed by atoms with Crippen LogP contribution in [-0.2, 0) is 0 Å². The van der Waals surface area contributed by atoms with Crippen LogP contribution in [0.25, 0.3) is 28.6 Å². The highest BCUT2D eigenvalue weighted by Gasteiger charge is 2.12. The van der Waals surface area contributed by atoms with Crippen LogP contribution in [0.5, 0.6) is 5.88 Å². The fourth-order valence-electron chi connectivity index (χ4n) is 4.16. The van der Waals surface area contributed by atoms with Crippen molar-refractivity contribution in [2.24, 2.45) is 4.99 Å². The number of methoxy groups -OCH3 is 1. The molecular weight excluding hydrogens is 386 g/mol. The highest BCUT2D eigenvalue weighted by atomic mass is 16.5. The standard InChI is InChI=1S/C25H23N5O/c1-16-8-6-9-17(2)23(16)30-15-26-21-14-18(10-7-13-22(21)30)27-24-19-11-4-5-12-20(19)25(31-3)29-28-24/h4-6,8-9,11-15H,7,10H2,1-3H3. The largest absolute Gasteiger partial charge is 0.479 e. The van der Waals surface area contributed by atoms with Crippen LogP contribution in [0.3, 0.4) is 0 Å². The quantitative estimate of drug-likeness (QED) is 0.519. The number of hydrogen-bond acceptors (Lipinski definition) is 5. The van der Waals surface area contributed by atoms with Crippen LogP contribution in [0, 0.1) is 13.8 Å². The molecule has 0 saturated carbocycles. The summed E-state index contributed by atoms with van der Waals surface area (Å²) in [5.41, 5.74) is 4.58. The van der Waals surface area contributed by atoms with Gasteiger partial charge in [-0.05, 0) is 50.0 Å². The first-order valence-corrected chi connectivity index (χ1v) is 10.3. The lowest BCUT2D eigenvalue weighted by Crippen LogP contribution is -2.29. The van der Waals surface area contributed by atoms with Gasteiger partial charge >= 0.3 is 0 Å². The van der Waals surface area contributed by atoms with E-state index in [1.807, 2.05) is 30.6 Å². The van der Waals surface area contributed by atoms with E-state index in [0.29, 0.717) is 11.7 Å². The number of fused-ring (bicyclic) bond motifs is 2. The van der Waals surface area contributed by atoms with Crippen molar-refractivity contribution in [3.8, 4) is 11.6 Å². The maximum atomic E-state index is 5.36. The number of hydrogen-bond donors (Lipinski definition) is 0. The zero-order valence-corrected chi connectivity index (χ0v) is 17.8. The van der Waals surface area contributed by atoms with Crippen LogP contribution < -0.4 is 15.4 Å². The maximum Gasteiger partial charge on any atom is 0.241 e. The molecule has 5 rings (SSSR count). The topological polar surface area (TPSA) is 65.2 Å². The average molecular weight is 409 g/mol. The fourth-order valence-corrected chi connectivity index (χ4v) is 4.16. The van der Waals surface area contributed by atoms with Gasteiger partial charge in [-0.3, -0.25) is 4.57 Å². The summed E-state index contributed by atoms with van der Waals surface area (Å²) in [7, 11) is 1.60. The summed E-state index contributed by atoms with van der Waals surface area (Å²) in [5, 5.41) is 12.4. The summed E-state index contributed by atoms with van der Waals surface area (Å²) in [6.45, 7) is 4.27. The third-order valence-electron chi connectivity index (χ3n) is 5.63. The summed E-state index contributed by atoms with van der Waals surface area (Å²) in [6.07, 6.45) is 7.89. The molecule has 2 aromatic carbocycles. The van der Waals surface area contributed by atoms with E-state index in [1.165, 1.54) is 16.8 Å². The normalized spacial score (nSPS) is 14.6. The Bertz CT molecular complexity index is 1430. The summed E-state index contributed by atoms with van der Waals surface area (Å²) in [4.78, 5) is 9.56. The second-order valence-corrected chi connectivity index (χ2v) is 7.69. The molecule has 0 fully saturated rings. The Kier molecular flexibility index (Phi) is 4.82. The maximum absolute atomic E-state index is 5.36. The van der Waals surface area contributed by atoms with Gasteiger partial charge in [0.05, 0.1) is 23.5 Å². The van der Waals surface area contributed by atoms with Crippen molar-refractivity contribution in [1.29, 1.82) is 0 Å². The second-order valence-electron chi connectivity index (χ2n) is 7.69. The number of imidazole rings is 1. The SMILES string of the molecule is COc1nnc(N=C2C=c3ncn(-c4c(C)cccc4C)c3=CCC2)c2ccccc12. The molecule has 0 bridgehead atoms. The summed E-state index contributed by atoms with van der Waals surface area (Å²) in [5.74, 6) is 1.10. The molecule has 0 N–H and O–H groups in total. The number of benzene rings is 2. The van der Waals surface area contributed by atoms with E-state index in [9.17, 15) is 0 Å². The predicted molar refractivity (Wildman–Crippen MR) is 124 cm³/mol. The Hall–Kier alpha value is -3.80. The molecule has 2 heterocycles. The summed E-state index contributed by atoms with van der Waals surface area (Å²) < 4.78 is 7.54. The lowest BCUT2D eigenvalue weighted by Gasteiger charge is -2.10. The smallest absolute Gasteiger partial charge is 0.241 e. The molecule has 6 heteroatoms. The predicted octanol–water partition coefficient (Wildman–Crippen LogP) is 3.57. The summed E-state index contributed by atoms with van der Waals surface area (Å²) >= 11 is 0. The minimum atomic E-state index is 0.507. The van der Waals surface area contributed by atoms with Gasteiger partial charge in [0, 0.05) is 16.5 Å². The van der Waals surface area contributed by atoms with Crippen LogP contribution in [0.15, 0.2) is 53.8 Å². The van der Waals surface area contributed by atoms with E-state index < -0.39 is 0 Å². The molecule has 6 nitrogen and oxygen atoms in total. The Labute approximate surface area is 180 Å². The number of aryl methyl sites for hydroxylation is 2. The first-order chi connectivity index (χ1) is 15.2. The van der Waals surface area contributed by atoms with Gasteiger partial charge in [0.25, 0.3) is 0 Å². The van der Waals surface area contributed by atoms with Crippen molar-refractivity contribution < 1.29 is 4.74 Å². The molecular formula is C25H23N5O. The van der Waals surface area contributed by atoms with E-state index in [-0.39, 0.29) is 0 Å². The molecule has 1 aliphatic rings. The monoisotopic (exact) mass is 409 g/mol. The molecule has 0 saturated heterocycles. The third-order valence-corrected chi connectivity index (χ3v) is 5.63. The number of rotatable bonds is 3. The van der Waals surface area contributed by atoms with Crippen LogP contribution >= 0.6 is 0 Å². The summed E-state index contributed by atoms with van der Waals surface area (Å²) in [6, 6.07) is 14.3. The van der Waals surface area contributed by atoms with Gasteiger partial charge in [0.2, 0.25) is 5.88 Å². The zero-order valence-electron chi connectivity index (χ0n) is 17.8. The highest BCUT2D eigenvalue weighted by Crippen LogP contribution is 2.29. The second kappa shape index (κ2) is 7.80. The Morgan fingerprint density at radius 3 is 2.52 bits per heavy atom. The highest BCUT2D eigenvalue weighted by molar-refractivity contribution is 6.12. The van der Waals surface area contributed by atoms with E-state index in [1.54, 1.807) is 7.11 Å². The number of aromatic nitrogens is 4. The number of para-hydroxylation sites is 1. The van der Waals surface area contributed by atoms with Crippen LogP contribution in [0.1, 0.15) is 24.0 Å². The average Bonchev–Trinajstić information content (AvgIpc) is 3.04. The van der Waals surface area contributed by atoms with Gasteiger partial charge in [-0.15, -0.1) is 10.2 Å². The van der Waals surface area contributed by atoms with Crippen LogP contribution in [0.4, 0.5) is 5.82 Å². The molecule has 154 valence electrons. The van der Waals surface area contributed by atoms with Crippen molar-refractivity contribution in [2.45, 2.75) is 26.7 Å². The molecule has 0 radical (unpaired) electrons. The minimum absolute atomic E-state index is 0.507. The molecule has 4 aromatic rings. The Balaban J connectivity index is 1.64. The lowest BCUT2D eigenvalue weighted by molar-refractivity contribution is 0.398. The zero-order chi connectivity index (χ0) is 21.4. The van der Waals surface area contributed by atoms with Gasteiger partial charge in [-0.2, -0.15) is 0 Å². The van der Waals surface area contributed by atoms with E-state index in [0.717, 1.165) is 40.0 Å². The molecule has 1 aliphatic carbocycles. The fraction of sp³-hybridized carbons (Fsp3) is 0.200. The van der Waals surface area contributed by atoms with Crippen LogP contribution in [0.2, 0.25) is 0 Å². The molecule has 0 spiro atoms. The molecule has 0 unspecified atom stereocenters. The van der Waals surface area contributed by atoms with Crippen molar-refractivity contribution in [3.63, 3.8) is 0 Å². The van der Waals surface area contributed by atoms with Crippen molar-refractivity contribution >= 4 is 34.5 Å². The minimum Gasteiger partial charge on any atom is -0.479 e. The third kappa shape index (κ3) is 3.40. The van der Waals surface area contributed by atoms with Crippen molar-refractivity contribution in [3.05, 3.63) is 70.6 Å². The van der Waals surface area contributed by atoms with Crippen LogP contribution in [-0.4, -0.2) is 32.6 Å². The van der Waals surface area contributed by atoms with Crippen molar-refractivity contribution in [1.82, 2.24) is 19.7 Å². The first-order valence-electron chi connectivity index (χ1n) is 10.3. The molecule has 2 aromatic heterocycles. The molecule has 0 aliphatic heterocycles. The Morgan fingerprint density at radius 2 is 1.74 bits per heavy atom. The van der Waals surface area contributed by atoms with E-state index >= 15 is 0 Å². The van der Waals surface area contributed by atoms with Crippen molar-refractivity contribution in [2.75, 3.05) is 7.11 Å². The molecule has 0 amide bonds. The molecule has 0 atom stereocenters. The van der Waals surface area contributed by atoms with Gasteiger partial charge in [-0.1, -0.05) is 42.5 Å². The molecule has 31 heavy (non-hydrogen) atoms. The number of nitrogens with zero attached hydrogens (tertiary/aromatic N) is 5. The lowest BCUT2D eigenvalue weighted by atomic mass is 10.1. The van der Waals surface area contributed by atoms with Gasteiger partial charge in [0.15, 0.2) is 5.82 Å². The van der Waals surface area contributed by atoms with E-state index in [2.05, 4.69) is 59.0 Å². The Morgan fingerprint density at radius 1 is 0.968 bits per heavy atom. The van der Waals surface area contributed by atoms with Gasteiger partial charge in [-0.25, -0.2) is 9.98 Å². The van der Waals surface area contributed by atoms with E-state index in [4.69, 9.17) is 14.7 Å². The number of aliphatic imine (C=N–C) groups is 1. The number of ether oxygens (including phenoxy) is 1. The first kappa shape index (κ1) is 19.2.